The van der Waals surface area contributed by atoms with E-state index in [1.165, 1.54) is 24.8 Å². The largest absolute Gasteiger partial charge is 0.349 e. The molecule has 4 heteroatoms. The van der Waals surface area contributed by atoms with Gasteiger partial charge in [-0.1, -0.05) is 31.9 Å². The smallest absolute Gasteiger partial charge is 0.251 e. The number of aromatic nitrogens is 2. The molecule has 0 radical (unpaired) electrons. The highest BCUT2D eigenvalue weighted by Gasteiger charge is 2.23. The van der Waals surface area contributed by atoms with E-state index in [1.807, 2.05) is 25.1 Å². The van der Waals surface area contributed by atoms with Gasteiger partial charge in [0.15, 0.2) is 0 Å². The van der Waals surface area contributed by atoms with Gasteiger partial charge in [-0.2, -0.15) is 0 Å². The van der Waals surface area contributed by atoms with Crippen molar-refractivity contribution in [1.82, 2.24) is 14.9 Å². The normalized spacial score (nSPS) is 20.0. The Labute approximate surface area is 160 Å². The SMILES string of the molecule is Cc1cccc(-n2c(C)nc3cc(C(=O)N[C@H]4CCCC[C@H]4C)ccc32)c1. The lowest BCUT2D eigenvalue weighted by Gasteiger charge is -2.29. The predicted molar refractivity (Wildman–Crippen MR) is 109 cm³/mol. The number of nitrogens with zero attached hydrogens (tertiary/aromatic N) is 2. The number of carbonyl (C=O) groups is 1. The topological polar surface area (TPSA) is 46.9 Å². The van der Waals surface area contributed by atoms with E-state index in [0.717, 1.165) is 29.0 Å². The van der Waals surface area contributed by atoms with E-state index in [4.69, 9.17) is 4.98 Å². The van der Waals surface area contributed by atoms with E-state index in [2.05, 4.69) is 48.0 Å². The van der Waals surface area contributed by atoms with Crippen LogP contribution in [0.4, 0.5) is 0 Å². The second-order valence-corrected chi connectivity index (χ2v) is 7.88. The van der Waals surface area contributed by atoms with Crippen LogP contribution in [0.15, 0.2) is 42.5 Å². The molecule has 1 aliphatic rings. The van der Waals surface area contributed by atoms with Crippen molar-refractivity contribution in [2.45, 2.75) is 52.5 Å². The molecule has 4 nitrogen and oxygen atoms in total. The lowest BCUT2D eigenvalue weighted by atomic mass is 9.86. The number of hydrogen-bond acceptors (Lipinski definition) is 2. The van der Waals surface area contributed by atoms with Crippen LogP contribution in [0.5, 0.6) is 0 Å². The Bertz CT molecular complexity index is 988. The van der Waals surface area contributed by atoms with Crippen molar-refractivity contribution in [1.29, 1.82) is 0 Å². The third-order valence-corrected chi connectivity index (χ3v) is 5.77. The molecule has 1 saturated carbocycles. The molecule has 3 aromatic rings. The van der Waals surface area contributed by atoms with Crippen molar-refractivity contribution in [2.24, 2.45) is 5.92 Å². The number of aryl methyl sites for hydroxylation is 2. The molecule has 0 spiro atoms. The fraction of sp³-hybridized carbons (Fsp3) is 0.391. The average Bonchev–Trinajstić information content (AvgIpc) is 2.98. The third-order valence-electron chi connectivity index (χ3n) is 5.77. The predicted octanol–water partition coefficient (Wildman–Crippen LogP) is 4.95. The van der Waals surface area contributed by atoms with Crippen LogP contribution >= 0.6 is 0 Å². The Hall–Kier alpha value is -2.62. The van der Waals surface area contributed by atoms with Gasteiger partial charge in [0.2, 0.25) is 0 Å². The molecule has 2 aromatic carbocycles. The molecular weight excluding hydrogens is 334 g/mol. The summed E-state index contributed by atoms with van der Waals surface area (Å²) in [6.45, 7) is 6.33. The van der Waals surface area contributed by atoms with Crippen LogP contribution in [0, 0.1) is 19.8 Å². The first-order chi connectivity index (χ1) is 13.0. The summed E-state index contributed by atoms with van der Waals surface area (Å²) in [6, 6.07) is 14.5. The van der Waals surface area contributed by atoms with Crippen molar-refractivity contribution in [3.05, 3.63) is 59.4 Å². The molecule has 1 amide bonds. The van der Waals surface area contributed by atoms with Gasteiger partial charge in [0, 0.05) is 17.3 Å². The fourth-order valence-corrected chi connectivity index (χ4v) is 4.22. The standard InChI is InChI=1S/C23H27N3O/c1-15-7-6-9-19(13-15)26-17(3)24-21-14-18(11-12-22(21)26)23(27)25-20-10-5-4-8-16(20)2/h6-7,9,11-14,16,20H,4-5,8,10H2,1-3H3,(H,25,27)/t16-,20+/m1/s1. The molecule has 0 unspecified atom stereocenters. The van der Waals surface area contributed by atoms with Gasteiger partial charge in [0.25, 0.3) is 5.91 Å². The molecule has 1 aliphatic carbocycles. The van der Waals surface area contributed by atoms with Gasteiger partial charge in [-0.05, 0) is 68.5 Å². The van der Waals surface area contributed by atoms with E-state index < -0.39 is 0 Å². The minimum absolute atomic E-state index is 0.0124. The Morgan fingerprint density at radius 1 is 1.11 bits per heavy atom. The van der Waals surface area contributed by atoms with E-state index in [9.17, 15) is 4.79 Å². The van der Waals surface area contributed by atoms with Gasteiger partial charge in [0.1, 0.15) is 5.82 Å². The van der Waals surface area contributed by atoms with E-state index in [0.29, 0.717) is 11.5 Å². The molecule has 1 aromatic heterocycles. The van der Waals surface area contributed by atoms with Gasteiger partial charge < -0.3 is 5.32 Å². The van der Waals surface area contributed by atoms with Crippen molar-refractivity contribution < 1.29 is 4.79 Å². The second kappa shape index (κ2) is 7.18. The van der Waals surface area contributed by atoms with Gasteiger partial charge >= 0.3 is 0 Å². The number of fused-ring (bicyclic) bond motifs is 1. The zero-order valence-corrected chi connectivity index (χ0v) is 16.3. The molecule has 1 N–H and O–H groups in total. The summed E-state index contributed by atoms with van der Waals surface area (Å²) < 4.78 is 2.15. The second-order valence-electron chi connectivity index (χ2n) is 7.88. The Morgan fingerprint density at radius 3 is 2.70 bits per heavy atom. The average molecular weight is 361 g/mol. The molecule has 4 rings (SSSR count). The Balaban J connectivity index is 1.64. The first-order valence-corrected chi connectivity index (χ1v) is 9.90. The molecule has 1 heterocycles. The molecule has 27 heavy (non-hydrogen) atoms. The number of hydrogen-bond donors (Lipinski definition) is 1. The van der Waals surface area contributed by atoms with E-state index in [-0.39, 0.29) is 11.9 Å². The quantitative estimate of drug-likeness (QED) is 0.717. The highest BCUT2D eigenvalue weighted by Crippen LogP contribution is 2.25. The molecule has 140 valence electrons. The van der Waals surface area contributed by atoms with Crippen LogP contribution in [-0.4, -0.2) is 21.5 Å². The Morgan fingerprint density at radius 2 is 1.93 bits per heavy atom. The maximum atomic E-state index is 12.8. The number of rotatable bonds is 3. The van der Waals surface area contributed by atoms with Crippen LogP contribution in [0.25, 0.3) is 16.7 Å². The minimum atomic E-state index is 0.0124. The number of carbonyl (C=O) groups excluding carboxylic acids is 1. The summed E-state index contributed by atoms with van der Waals surface area (Å²) in [4.78, 5) is 17.5. The zero-order chi connectivity index (χ0) is 19.0. The van der Waals surface area contributed by atoms with Crippen molar-refractivity contribution in [3.8, 4) is 5.69 Å². The monoisotopic (exact) mass is 361 g/mol. The lowest BCUT2D eigenvalue weighted by molar-refractivity contribution is 0.0910. The summed E-state index contributed by atoms with van der Waals surface area (Å²) in [7, 11) is 0. The van der Waals surface area contributed by atoms with Crippen LogP contribution in [0.1, 0.15) is 54.4 Å². The number of amides is 1. The van der Waals surface area contributed by atoms with Gasteiger partial charge in [-0.3, -0.25) is 9.36 Å². The maximum Gasteiger partial charge on any atom is 0.251 e. The van der Waals surface area contributed by atoms with Crippen LogP contribution in [0.3, 0.4) is 0 Å². The van der Waals surface area contributed by atoms with Crippen molar-refractivity contribution in [3.63, 3.8) is 0 Å². The molecular formula is C23H27N3O. The summed E-state index contributed by atoms with van der Waals surface area (Å²) >= 11 is 0. The summed E-state index contributed by atoms with van der Waals surface area (Å²) in [5.74, 6) is 1.49. The maximum absolute atomic E-state index is 12.8. The molecule has 0 bridgehead atoms. The summed E-state index contributed by atoms with van der Waals surface area (Å²) in [6.07, 6.45) is 4.75. The number of nitrogens with one attached hydrogen (secondary N) is 1. The minimum Gasteiger partial charge on any atom is -0.349 e. The van der Waals surface area contributed by atoms with Gasteiger partial charge in [-0.25, -0.2) is 4.98 Å². The Kier molecular flexibility index (Phi) is 4.73. The molecule has 0 saturated heterocycles. The zero-order valence-electron chi connectivity index (χ0n) is 16.3. The lowest BCUT2D eigenvalue weighted by Crippen LogP contribution is -2.41. The van der Waals surface area contributed by atoms with Crippen LogP contribution < -0.4 is 5.32 Å². The molecule has 2 atom stereocenters. The van der Waals surface area contributed by atoms with Gasteiger partial charge in [-0.15, -0.1) is 0 Å². The van der Waals surface area contributed by atoms with Crippen molar-refractivity contribution >= 4 is 16.9 Å². The summed E-state index contributed by atoms with van der Waals surface area (Å²) in [5, 5.41) is 3.24. The number of imidazole rings is 1. The van der Waals surface area contributed by atoms with E-state index >= 15 is 0 Å². The molecule has 1 fully saturated rings. The first-order valence-electron chi connectivity index (χ1n) is 9.90. The van der Waals surface area contributed by atoms with Crippen LogP contribution in [0.2, 0.25) is 0 Å². The van der Waals surface area contributed by atoms with E-state index in [1.54, 1.807) is 0 Å². The number of benzene rings is 2. The third kappa shape index (κ3) is 3.48. The highest BCUT2D eigenvalue weighted by atomic mass is 16.1. The highest BCUT2D eigenvalue weighted by molar-refractivity contribution is 5.97. The molecule has 0 aliphatic heterocycles. The van der Waals surface area contributed by atoms with Gasteiger partial charge in [0.05, 0.1) is 11.0 Å². The first kappa shape index (κ1) is 17.8. The summed E-state index contributed by atoms with van der Waals surface area (Å²) in [5.41, 5.74) is 4.89. The fourth-order valence-electron chi connectivity index (χ4n) is 4.22. The van der Waals surface area contributed by atoms with Crippen LogP contribution in [-0.2, 0) is 0 Å². The van der Waals surface area contributed by atoms with Crippen molar-refractivity contribution in [2.75, 3.05) is 0 Å².